The number of Topliss-reactive ketones (excluding diaryl/α,β-unsaturated/α-hetero) is 2. The van der Waals surface area contributed by atoms with Crippen LogP contribution < -0.4 is 9.47 Å². The van der Waals surface area contributed by atoms with E-state index in [2.05, 4.69) is 0 Å². The molecule has 8 nitrogen and oxygen atoms in total. The van der Waals surface area contributed by atoms with Gasteiger partial charge in [-0.1, -0.05) is 30.3 Å². The highest BCUT2D eigenvalue weighted by molar-refractivity contribution is 6.02. The fourth-order valence-corrected chi connectivity index (χ4v) is 5.45. The lowest BCUT2D eigenvalue weighted by atomic mass is 9.81. The van der Waals surface area contributed by atoms with E-state index < -0.39 is 29.5 Å². The molecule has 0 spiro atoms. The number of allylic oxidation sites excluding steroid dienone is 2. The fraction of sp³-hybridized carbons (Fsp3) is 0.226. The molecule has 0 aromatic heterocycles. The first-order valence-electron chi connectivity index (χ1n) is 12.6. The van der Waals surface area contributed by atoms with Crippen molar-refractivity contribution in [3.8, 4) is 23.0 Å². The predicted molar refractivity (Wildman–Crippen MR) is 140 cm³/mol. The zero-order chi connectivity index (χ0) is 27.5. The minimum atomic E-state index is -1.33. The molecular weight excluding hydrogens is 500 g/mol. The van der Waals surface area contributed by atoms with Gasteiger partial charge in [-0.25, -0.2) is 0 Å². The Morgan fingerprint density at radius 1 is 0.872 bits per heavy atom. The maximum Gasteiger partial charge on any atom is 0.170 e. The molecule has 2 aliphatic heterocycles. The van der Waals surface area contributed by atoms with Gasteiger partial charge >= 0.3 is 0 Å². The maximum absolute atomic E-state index is 13.3. The van der Waals surface area contributed by atoms with Gasteiger partial charge in [-0.2, -0.15) is 0 Å². The minimum Gasteiger partial charge on any atom is -0.511 e. The number of phenolic OH excluding ortho intramolecular Hbond substituents is 2. The highest BCUT2D eigenvalue weighted by atomic mass is 16.5. The van der Waals surface area contributed by atoms with Gasteiger partial charge in [0.15, 0.2) is 11.6 Å². The van der Waals surface area contributed by atoms with Crippen LogP contribution in [0.25, 0.3) is 0 Å². The summed E-state index contributed by atoms with van der Waals surface area (Å²) < 4.78 is 12.7. The predicted octanol–water partition coefficient (Wildman–Crippen LogP) is 5.11. The molecule has 1 aliphatic carbocycles. The van der Waals surface area contributed by atoms with Crippen LogP contribution in [0.1, 0.15) is 64.9 Å². The van der Waals surface area contributed by atoms with Crippen molar-refractivity contribution in [3.63, 3.8) is 0 Å². The molecule has 4 N–H and O–H groups in total. The first-order valence-corrected chi connectivity index (χ1v) is 12.6. The highest BCUT2D eigenvalue weighted by Gasteiger charge is 2.45. The van der Waals surface area contributed by atoms with Crippen LogP contribution >= 0.6 is 0 Å². The summed E-state index contributed by atoms with van der Waals surface area (Å²) in [7, 11) is 0. The Morgan fingerprint density at radius 3 is 2.15 bits per heavy atom. The molecule has 0 fully saturated rings. The molecule has 8 heteroatoms. The summed E-state index contributed by atoms with van der Waals surface area (Å²) in [5.74, 6) is -0.959. The third-order valence-electron chi connectivity index (χ3n) is 7.44. The molecular formula is C31H26O8. The number of ether oxygens (including phenoxy) is 2. The Labute approximate surface area is 224 Å². The first-order chi connectivity index (χ1) is 18.6. The van der Waals surface area contributed by atoms with Crippen LogP contribution in [0.3, 0.4) is 0 Å². The lowest BCUT2D eigenvalue weighted by molar-refractivity contribution is -0.118. The first kappa shape index (κ1) is 24.8. The van der Waals surface area contributed by atoms with Gasteiger partial charge in [0.05, 0.1) is 34.6 Å². The van der Waals surface area contributed by atoms with Crippen LogP contribution in [0.2, 0.25) is 0 Å². The van der Waals surface area contributed by atoms with Crippen molar-refractivity contribution in [2.24, 2.45) is 0 Å². The molecule has 3 aliphatic rings. The van der Waals surface area contributed by atoms with E-state index in [4.69, 9.17) is 9.47 Å². The number of benzene rings is 3. The molecule has 0 saturated carbocycles. The van der Waals surface area contributed by atoms with Crippen molar-refractivity contribution in [1.29, 1.82) is 0 Å². The van der Waals surface area contributed by atoms with Gasteiger partial charge in [-0.3, -0.25) is 9.59 Å². The van der Waals surface area contributed by atoms with Crippen LogP contribution in [0.4, 0.5) is 0 Å². The van der Waals surface area contributed by atoms with E-state index in [0.717, 1.165) is 0 Å². The number of carbonyl (C=O) groups excluding carboxylic acids is 2. The molecule has 198 valence electrons. The van der Waals surface area contributed by atoms with Gasteiger partial charge in [-0.05, 0) is 60.5 Å². The van der Waals surface area contributed by atoms with Crippen molar-refractivity contribution in [3.05, 3.63) is 106 Å². The molecule has 4 atom stereocenters. The fourth-order valence-electron chi connectivity index (χ4n) is 5.45. The average Bonchev–Trinajstić information content (AvgIpc) is 3.29. The SMILES string of the molecule is CC1(O)C=CC(=C(O)C2c3c(ccc4c3OC(c3ccc(O)cc3)CC4=O)OC2c2ccc(O)cc2)C(=O)C1. The van der Waals surface area contributed by atoms with Gasteiger partial charge in [0.1, 0.15) is 41.0 Å². The van der Waals surface area contributed by atoms with E-state index in [-0.39, 0.29) is 47.2 Å². The molecule has 0 saturated heterocycles. The summed E-state index contributed by atoms with van der Waals surface area (Å²) in [6.45, 7) is 1.52. The van der Waals surface area contributed by atoms with Gasteiger partial charge in [0, 0.05) is 6.42 Å². The second-order valence-corrected chi connectivity index (χ2v) is 10.4. The van der Waals surface area contributed by atoms with E-state index in [9.17, 15) is 30.0 Å². The van der Waals surface area contributed by atoms with Crippen LogP contribution in [-0.4, -0.2) is 37.6 Å². The molecule has 39 heavy (non-hydrogen) atoms. The molecule has 0 radical (unpaired) electrons. The Bertz CT molecular complexity index is 1550. The molecule has 0 bridgehead atoms. The van der Waals surface area contributed by atoms with Gasteiger partial charge < -0.3 is 29.9 Å². The third-order valence-corrected chi connectivity index (χ3v) is 7.44. The van der Waals surface area contributed by atoms with E-state index in [1.807, 2.05) is 0 Å². The second kappa shape index (κ2) is 9.03. The largest absolute Gasteiger partial charge is 0.511 e. The number of phenols is 2. The Kier molecular flexibility index (Phi) is 5.73. The minimum absolute atomic E-state index is 0.0431. The topological polar surface area (TPSA) is 134 Å². The Hall–Kier alpha value is -4.56. The summed E-state index contributed by atoms with van der Waals surface area (Å²) in [6.07, 6.45) is 1.34. The second-order valence-electron chi connectivity index (χ2n) is 10.4. The summed E-state index contributed by atoms with van der Waals surface area (Å²) >= 11 is 0. The van der Waals surface area contributed by atoms with Crippen molar-refractivity contribution in [2.75, 3.05) is 0 Å². The van der Waals surface area contributed by atoms with Gasteiger partial charge in [-0.15, -0.1) is 0 Å². The number of aromatic hydroxyl groups is 2. The quantitative estimate of drug-likeness (QED) is 0.273. The van der Waals surface area contributed by atoms with E-state index in [1.54, 1.807) is 36.4 Å². The normalized spacial score (nSPS) is 26.9. The van der Waals surface area contributed by atoms with Crippen LogP contribution in [0.15, 0.2) is 84.1 Å². The lowest BCUT2D eigenvalue weighted by Gasteiger charge is -2.29. The maximum atomic E-state index is 13.3. The molecule has 4 unspecified atom stereocenters. The van der Waals surface area contributed by atoms with Crippen LogP contribution in [-0.2, 0) is 4.79 Å². The zero-order valence-electron chi connectivity index (χ0n) is 21.0. The number of aliphatic hydroxyl groups is 2. The van der Waals surface area contributed by atoms with E-state index in [0.29, 0.717) is 28.0 Å². The van der Waals surface area contributed by atoms with Crippen molar-refractivity contribution >= 4 is 11.6 Å². The molecule has 3 aromatic carbocycles. The number of carbonyl (C=O) groups is 2. The smallest absolute Gasteiger partial charge is 0.170 e. The van der Waals surface area contributed by atoms with Gasteiger partial charge in [0.25, 0.3) is 0 Å². The standard InChI is InChI=1S/C31H26O8/c1-31(37)13-12-20(23(35)15-31)28(36)27-26-24(38-29(27)17-4-8-19(33)9-5-17)11-10-21-22(34)14-25(39-30(21)26)16-2-6-18(32)7-3-16/h2-13,25,27,29,32-33,36-37H,14-15H2,1H3. The monoisotopic (exact) mass is 526 g/mol. The van der Waals surface area contributed by atoms with E-state index >= 15 is 0 Å². The van der Waals surface area contributed by atoms with Crippen molar-refractivity contribution in [2.45, 2.75) is 43.5 Å². The number of aliphatic hydroxyl groups excluding tert-OH is 1. The number of rotatable bonds is 3. The highest BCUT2D eigenvalue weighted by Crippen LogP contribution is 2.56. The Morgan fingerprint density at radius 2 is 1.51 bits per heavy atom. The summed E-state index contributed by atoms with van der Waals surface area (Å²) in [4.78, 5) is 26.3. The van der Waals surface area contributed by atoms with Crippen LogP contribution in [0.5, 0.6) is 23.0 Å². The molecule has 3 aromatic rings. The average molecular weight is 527 g/mol. The molecule has 6 rings (SSSR count). The summed E-state index contributed by atoms with van der Waals surface area (Å²) in [5.41, 5.74) is 0.826. The van der Waals surface area contributed by atoms with Crippen molar-refractivity contribution < 1.29 is 39.5 Å². The zero-order valence-corrected chi connectivity index (χ0v) is 21.0. The molecule has 2 heterocycles. The summed E-state index contributed by atoms with van der Waals surface area (Å²) in [5, 5.41) is 41.5. The molecule has 0 amide bonds. The van der Waals surface area contributed by atoms with E-state index in [1.165, 1.54) is 43.3 Å². The number of fused-ring (bicyclic) bond motifs is 3. The Balaban J connectivity index is 1.52. The van der Waals surface area contributed by atoms with Crippen LogP contribution in [0, 0.1) is 0 Å². The number of hydrogen-bond acceptors (Lipinski definition) is 8. The third kappa shape index (κ3) is 4.32. The van der Waals surface area contributed by atoms with Gasteiger partial charge in [0.2, 0.25) is 0 Å². The summed E-state index contributed by atoms with van der Waals surface area (Å²) in [6, 6.07) is 16.0. The number of ketones is 2. The lowest BCUT2D eigenvalue weighted by Crippen LogP contribution is -2.30. The number of hydrogen-bond donors (Lipinski definition) is 4. The van der Waals surface area contributed by atoms with Crippen molar-refractivity contribution in [1.82, 2.24) is 0 Å².